The van der Waals surface area contributed by atoms with Crippen LogP contribution in [0.3, 0.4) is 0 Å². The van der Waals surface area contributed by atoms with Crippen LogP contribution in [0.25, 0.3) is 9.69 Å². The fourth-order valence-corrected chi connectivity index (χ4v) is 0. The van der Waals surface area contributed by atoms with E-state index in [1.165, 1.54) is 0 Å². The van der Waals surface area contributed by atoms with Crippen molar-refractivity contribution in [1.29, 1.82) is 0 Å². The van der Waals surface area contributed by atoms with Crippen molar-refractivity contribution in [2.45, 2.75) is 52.6 Å². The molecule has 0 saturated heterocycles. The van der Waals surface area contributed by atoms with Crippen LogP contribution >= 0.6 is 27.2 Å². The Balaban J connectivity index is -0.000000153. The SMILES string of the molecule is [Br][Zn][Br].[C-]#[N+]C(C)(C)C.[C-]#[N+]C(C)(C)C. The molecule has 0 aromatic carbocycles. The largest absolute Gasteiger partial charge is 0.311 e. The van der Waals surface area contributed by atoms with Crippen molar-refractivity contribution in [3.05, 3.63) is 22.8 Å². The van der Waals surface area contributed by atoms with Gasteiger partial charge in [-0.05, 0) is 0 Å². The summed E-state index contributed by atoms with van der Waals surface area (Å²) in [5.41, 5.74) is -0.333. The maximum atomic E-state index is 6.48. The molecule has 0 aliphatic heterocycles. The zero-order valence-electron chi connectivity index (χ0n) is 10.4. The van der Waals surface area contributed by atoms with Gasteiger partial charge in [-0.1, -0.05) is 0 Å². The fraction of sp³-hybridized carbons (Fsp3) is 0.800. The Hall–Kier alpha value is 0.563. The van der Waals surface area contributed by atoms with Crippen molar-refractivity contribution < 1.29 is 13.2 Å². The summed E-state index contributed by atoms with van der Waals surface area (Å²) in [7, 11) is 0. The average Bonchev–Trinajstić information content (AvgIpc) is 2.04. The van der Waals surface area contributed by atoms with Gasteiger partial charge in [0.15, 0.2) is 0 Å². The fourth-order valence-electron chi connectivity index (χ4n) is 0. The molecule has 15 heavy (non-hydrogen) atoms. The Bertz CT molecular complexity index is 192. The molecule has 0 aromatic rings. The third-order valence-corrected chi connectivity index (χ3v) is 0.671. The summed E-state index contributed by atoms with van der Waals surface area (Å²) >= 11 is 6.25. The van der Waals surface area contributed by atoms with Gasteiger partial charge in [-0.25, -0.2) is 13.1 Å². The molecule has 0 unspecified atom stereocenters. The van der Waals surface area contributed by atoms with Crippen LogP contribution in [0, 0.1) is 13.1 Å². The van der Waals surface area contributed by atoms with Crippen molar-refractivity contribution >= 4 is 27.2 Å². The van der Waals surface area contributed by atoms with Crippen LogP contribution < -0.4 is 0 Å². The summed E-state index contributed by atoms with van der Waals surface area (Å²) in [6, 6.07) is 0. The van der Waals surface area contributed by atoms with Crippen LogP contribution in [0.5, 0.6) is 0 Å². The van der Waals surface area contributed by atoms with Gasteiger partial charge < -0.3 is 9.69 Å². The van der Waals surface area contributed by atoms with Crippen molar-refractivity contribution in [2.75, 3.05) is 0 Å². The van der Waals surface area contributed by atoms with Crippen LogP contribution in [-0.2, 0) is 13.2 Å². The minimum Gasteiger partial charge on any atom is -0.311 e. The Morgan fingerprint density at radius 1 is 0.800 bits per heavy atom. The molecule has 0 N–H and O–H groups in total. The van der Waals surface area contributed by atoms with E-state index < -0.39 is 0 Å². The topological polar surface area (TPSA) is 8.72 Å². The van der Waals surface area contributed by atoms with Crippen LogP contribution in [0.1, 0.15) is 41.5 Å². The van der Waals surface area contributed by atoms with Gasteiger partial charge in [-0.2, -0.15) is 0 Å². The summed E-state index contributed by atoms with van der Waals surface area (Å²) < 4.78 is 0. The summed E-state index contributed by atoms with van der Waals surface area (Å²) in [5, 5.41) is 0. The van der Waals surface area contributed by atoms with Gasteiger partial charge in [0.25, 0.3) is 0 Å². The summed E-state index contributed by atoms with van der Waals surface area (Å²) in [6.07, 6.45) is 0. The minimum atomic E-state index is -0.250. The molecule has 0 rings (SSSR count). The van der Waals surface area contributed by atoms with Gasteiger partial charge >= 0.3 is 40.5 Å². The molecular formula is C10H18Br2N2Zn. The Morgan fingerprint density at radius 2 is 0.867 bits per heavy atom. The molecule has 0 spiro atoms. The Kier molecular flexibility index (Phi) is 15.4. The van der Waals surface area contributed by atoms with Crippen molar-refractivity contribution in [1.82, 2.24) is 0 Å². The maximum absolute atomic E-state index is 6.48. The zero-order chi connectivity index (χ0) is 13.1. The molecule has 0 bridgehead atoms. The monoisotopic (exact) mass is 388 g/mol. The third kappa shape index (κ3) is 53.4. The average molecular weight is 391 g/mol. The van der Waals surface area contributed by atoms with E-state index in [1.807, 2.05) is 41.5 Å². The first-order valence-electron chi connectivity index (χ1n) is 4.43. The second-order valence-corrected chi connectivity index (χ2v) is 18.7. The second kappa shape index (κ2) is 11.1. The normalized spacial score (nSPS) is 8.93. The summed E-state index contributed by atoms with van der Waals surface area (Å²) in [4.78, 5) is 6.54. The maximum Gasteiger partial charge on any atom is 0.224 e. The van der Waals surface area contributed by atoms with Gasteiger partial charge in [0.05, 0.1) is 0 Å². The van der Waals surface area contributed by atoms with E-state index in [1.54, 1.807) is 0 Å². The zero-order valence-corrected chi connectivity index (χ0v) is 16.5. The van der Waals surface area contributed by atoms with Crippen LogP contribution in [0.2, 0.25) is 0 Å². The van der Waals surface area contributed by atoms with Gasteiger partial charge in [0.1, 0.15) is 0 Å². The summed E-state index contributed by atoms with van der Waals surface area (Å²) in [5.74, 6) is 0. The second-order valence-electron chi connectivity index (χ2n) is 4.67. The van der Waals surface area contributed by atoms with Crippen LogP contribution in [-0.4, -0.2) is 11.1 Å². The van der Waals surface area contributed by atoms with Crippen molar-refractivity contribution in [3.8, 4) is 0 Å². The van der Waals surface area contributed by atoms with Crippen LogP contribution in [0.15, 0.2) is 0 Å². The first kappa shape index (κ1) is 20.9. The molecule has 0 radical (unpaired) electrons. The minimum absolute atomic E-state index is 0.167. The molecule has 0 aromatic heterocycles. The number of halogens is 2. The Morgan fingerprint density at radius 3 is 0.867 bits per heavy atom. The molecule has 0 fully saturated rings. The molecule has 0 amide bonds. The first-order chi connectivity index (χ1) is 6.54. The number of hydrogen-bond donors (Lipinski definition) is 0. The van der Waals surface area contributed by atoms with E-state index in [4.69, 9.17) is 13.1 Å². The van der Waals surface area contributed by atoms with E-state index in [-0.39, 0.29) is 24.3 Å². The van der Waals surface area contributed by atoms with E-state index in [0.717, 1.165) is 0 Å². The van der Waals surface area contributed by atoms with E-state index in [2.05, 4.69) is 36.9 Å². The number of nitrogens with zero attached hydrogens (tertiary/aromatic N) is 2. The molecular weight excluding hydrogens is 373 g/mol. The van der Waals surface area contributed by atoms with E-state index in [9.17, 15) is 0 Å². The predicted molar refractivity (Wildman–Crippen MR) is 70.6 cm³/mol. The number of hydrogen-bond acceptors (Lipinski definition) is 0. The van der Waals surface area contributed by atoms with Gasteiger partial charge in [0.2, 0.25) is 11.1 Å². The standard InChI is InChI=1S/2C5H9N.2BrH.Zn/c2*1-5(2,3)6-4;;;/h2*1-3H3;2*1H;/q;;;;+2/p-2. The van der Waals surface area contributed by atoms with Crippen molar-refractivity contribution in [2.24, 2.45) is 0 Å². The Labute approximate surface area is 115 Å². The quantitative estimate of drug-likeness (QED) is 0.401. The van der Waals surface area contributed by atoms with Gasteiger partial charge in [-0.3, -0.25) is 0 Å². The smallest absolute Gasteiger partial charge is 0.224 e. The molecule has 84 valence electrons. The number of rotatable bonds is 0. The molecule has 0 saturated carbocycles. The molecule has 0 aliphatic carbocycles. The van der Waals surface area contributed by atoms with E-state index in [0.29, 0.717) is 0 Å². The predicted octanol–water partition coefficient (Wildman–Crippen LogP) is 5.10. The van der Waals surface area contributed by atoms with Crippen LogP contribution in [0.4, 0.5) is 0 Å². The molecule has 2 nitrogen and oxygen atoms in total. The third-order valence-electron chi connectivity index (χ3n) is 0.671. The summed E-state index contributed by atoms with van der Waals surface area (Å²) in [6.45, 7) is 24.3. The molecule has 0 aliphatic rings. The molecule has 0 heterocycles. The molecule has 5 heteroatoms. The van der Waals surface area contributed by atoms with Crippen molar-refractivity contribution in [3.63, 3.8) is 0 Å². The van der Waals surface area contributed by atoms with Gasteiger partial charge in [0, 0.05) is 41.5 Å². The first-order valence-corrected chi connectivity index (χ1v) is 18.3. The van der Waals surface area contributed by atoms with Gasteiger partial charge in [-0.15, -0.1) is 0 Å². The van der Waals surface area contributed by atoms with E-state index >= 15 is 0 Å². The molecule has 0 atom stereocenters.